The molecule has 0 saturated carbocycles. The van der Waals surface area contributed by atoms with Crippen LogP contribution in [0.3, 0.4) is 0 Å². The average Bonchev–Trinajstić information content (AvgIpc) is 3.19. The summed E-state index contributed by atoms with van der Waals surface area (Å²) < 4.78 is 16.2. The van der Waals surface area contributed by atoms with Gasteiger partial charge in [0.2, 0.25) is 0 Å². The molecule has 0 unspecified atom stereocenters. The molecule has 1 heterocycles. The number of rotatable bonds is 7. The fraction of sp³-hybridized carbons (Fsp3) is 0.273. The molecule has 0 saturated heterocycles. The zero-order chi connectivity index (χ0) is 19.9. The van der Waals surface area contributed by atoms with Crippen LogP contribution in [-0.2, 0) is 13.1 Å². The molecule has 3 rings (SSSR count). The number of benzene rings is 2. The normalized spacial score (nSPS) is 10.7. The fourth-order valence-electron chi connectivity index (χ4n) is 3.01. The summed E-state index contributed by atoms with van der Waals surface area (Å²) in [5.41, 5.74) is 3.90. The molecule has 6 heteroatoms. The van der Waals surface area contributed by atoms with Gasteiger partial charge in [0.1, 0.15) is 5.82 Å². The van der Waals surface area contributed by atoms with Gasteiger partial charge in [0.15, 0.2) is 5.11 Å². The smallest absolute Gasteiger partial charge is 0.173 e. The summed E-state index contributed by atoms with van der Waals surface area (Å²) in [4.78, 5) is 6.09. The van der Waals surface area contributed by atoms with E-state index >= 15 is 0 Å². The monoisotopic (exact) mass is 396 g/mol. The van der Waals surface area contributed by atoms with E-state index in [4.69, 9.17) is 12.2 Å². The number of hydrogen-bond acceptors (Lipinski definition) is 2. The summed E-state index contributed by atoms with van der Waals surface area (Å²) in [6, 6.07) is 13.1. The molecule has 0 radical (unpaired) electrons. The highest BCUT2D eigenvalue weighted by molar-refractivity contribution is 7.80. The largest absolute Gasteiger partial charge is 0.345 e. The molecule has 0 bridgehead atoms. The second-order valence-corrected chi connectivity index (χ2v) is 7.30. The minimum atomic E-state index is -0.211. The number of thiocarbonyl (C=S) groups is 1. The van der Waals surface area contributed by atoms with Gasteiger partial charge in [-0.2, -0.15) is 0 Å². The van der Waals surface area contributed by atoms with Gasteiger partial charge in [-0.1, -0.05) is 30.3 Å². The fourth-order valence-corrected chi connectivity index (χ4v) is 3.28. The van der Waals surface area contributed by atoms with Crippen LogP contribution in [0.15, 0.2) is 61.2 Å². The van der Waals surface area contributed by atoms with E-state index in [1.54, 1.807) is 24.7 Å². The second-order valence-electron chi connectivity index (χ2n) is 6.92. The van der Waals surface area contributed by atoms with E-state index < -0.39 is 0 Å². The van der Waals surface area contributed by atoms with Crippen molar-refractivity contribution in [2.24, 2.45) is 0 Å². The van der Waals surface area contributed by atoms with Gasteiger partial charge in [-0.05, 0) is 55.7 Å². The molecule has 0 fully saturated rings. The van der Waals surface area contributed by atoms with Gasteiger partial charge in [-0.15, -0.1) is 0 Å². The topological polar surface area (TPSA) is 33.1 Å². The molecular formula is C22H25FN4S. The quantitative estimate of drug-likeness (QED) is 0.574. The highest BCUT2D eigenvalue weighted by Gasteiger charge is 2.14. The van der Waals surface area contributed by atoms with E-state index in [1.807, 2.05) is 28.7 Å². The van der Waals surface area contributed by atoms with E-state index in [0.29, 0.717) is 23.8 Å². The van der Waals surface area contributed by atoms with Crippen LogP contribution in [0.5, 0.6) is 0 Å². The number of nitrogens with zero attached hydrogens (tertiary/aromatic N) is 3. The van der Waals surface area contributed by atoms with Gasteiger partial charge in [0.05, 0.1) is 6.33 Å². The lowest BCUT2D eigenvalue weighted by Crippen LogP contribution is -2.36. The van der Waals surface area contributed by atoms with Crippen molar-refractivity contribution in [3.63, 3.8) is 0 Å². The van der Waals surface area contributed by atoms with Crippen LogP contribution in [-0.4, -0.2) is 26.1 Å². The molecule has 2 aromatic carbocycles. The minimum Gasteiger partial charge on any atom is -0.345 e. The maximum absolute atomic E-state index is 14.2. The number of aromatic nitrogens is 2. The molecule has 0 aliphatic rings. The van der Waals surface area contributed by atoms with Crippen LogP contribution in [0.1, 0.15) is 23.1 Å². The zero-order valence-electron chi connectivity index (χ0n) is 16.2. The van der Waals surface area contributed by atoms with Crippen LogP contribution in [0.4, 0.5) is 10.1 Å². The van der Waals surface area contributed by atoms with Crippen LogP contribution in [0.25, 0.3) is 0 Å². The Morgan fingerprint density at radius 1 is 1.21 bits per heavy atom. The first kappa shape index (κ1) is 20.0. The number of hydrogen-bond donors (Lipinski definition) is 1. The van der Waals surface area contributed by atoms with Gasteiger partial charge in [-0.3, -0.25) is 0 Å². The molecule has 0 atom stereocenters. The van der Waals surface area contributed by atoms with Gasteiger partial charge in [0.25, 0.3) is 0 Å². The molecule has 4 nitrogen and oxygen atoms in total. The number of imidazole rings is 1. The lowest BCUT2D eigenvalue weighted by atomic mass is 10.1. The van der Waals surface area contributed by atoms with Gasteiger partial charge in [0, 0.05) is 43.3 Å². The summed E-state index contributed by atoms with van der Waals surface area (Å²) >= 11 is 5.69. The Morgan fingerprint density at radius 2 is 2.04 bits per heavy atom. The Hall–Kier alpha value is -2.73. The first-order valence-corrected chi connectivity index (χ1v) is 9.76. The van der Waals surface area contributed by atoms with E-state index in [9.17, 15) is 4.39 Å². The van der Waals surface area contributed by atoms with Crippen molar-refractivity contribution in [3.05, 3.63) is 83.7 Å². The van der Waals surface area contributed by atoms with Crippen molar-refractivity contribution < 1.29 is 4.39 Å². The lowest BCUT2D eigenvalue weighted by molar-refractivity contribution is 0.388. The van der Waals surface area contributed by atoms with E-state index in [0.717, 1.165) is 29.8 Å². The highest BCUT2D eigenvalue weighted by Crippen LogP contribution is 2.18. The van der Waals surface area contributed by atoms with Crippen molar-refractivity contribution in [1.82, 2.24) is 14.5 Å². The average molecular weight is 397 g/mol. The number of halogens is 1. The minimum absolute atomic E-state index is 0.211. The van der Waals surface area contributed by atoms with E-state index in [2.05, 4.69) is 35.4 Å². The summed E-state index contributed by atoms with van der Waals surface area (Å²) in [5.74, 6) is -0.211. The number of nitrogens with one attached hydrogen (secondary N) is 1. The summed E-state index contributed by atoms with van der Waals surface area (Å²) in [7, 11) is 0. The maximum atomic E-state index is 14.2. The van der Waals surface area contributed by atoms with Crippen molar-refractivity contribution in [2.45, 2.75) is 33.4 Å². The van der Waals surface area contributed by atoms with Crippen LogP contribution < -0.4 is 5.32 Å². The second kappa shape index (κ2) is 9.46. The Bertz CT molecular complexity index is 924. The Balaban J connectivity index is 1.72. The number of aryl methyl sites for hydroxylation is 3. The lowest BCUT2D eigenvalue weighted by Gasteiger charge is -2.27. The SMILES string of the molecule is Cc1ccc(C)c(NC(=S)N(CCCn2ccnc2)Cc2ccccc2F)c1. The predicted molar refractivity (Wildman–Crippen MR) is 116 cm³/mol. The highest BCUT2D eigenvalue weighted by atomic mass is 32.1. The molecule has 146 valence electrons. The third-order valence-electron chi connectivity index (χ3n) is 4.64. The van der Waals surface area contributed by atoms with E-state index in [-0.39, 0.29) is 5.82 Å². The Labute approximate surface area is 171 Å². The third kappa shape index (κ3) is 5.39. The zero-order valence-corrected chi connectivity index (χ0v) is 17.0. The number of anilines is 1. The van der Waals surface area contributed by atoms with Crippen molar-refractivity contribution in [2.75, 3.05) is 11.9 Å². The molecule has 0 aliphatic carbocycles. The molecule has 3 aromatic rings. The van der Waals surface area contributed by atoms with Gasteiger partial charge in [-0.25, -0.2) is 9.37 Å². The molecule has 0 aliphatic heterocycles. The summed E-state index contributed by atoms with van der Waals surface area (Å²) in [5, 5.41) is 3.95. The molecule has 1 N–H and O–H groups in total. The van der Waals surface area contributed by atoms with E-state index in [1.165, 1.54) is 6.07 Å². The molecule has 28 heavy (non-hydrogen) atoms. The Kier molecular flexibility index (Phi) is 6.76. The maximum Gasteiger partial charge on any atom is 0.173 e. The molecule has 1 aromatic heterocycles. The molecule has 0 amide bonds. The van der Waals surface area contributed by atoms with Crippen LogP contribution >= 0.6 is 12.2 Å². The van der Waals surface area contributed by atoms with Crippen LogP contribution in [0, 0.1) is 19.7 Å². The summed E-state index contributed by atoms with van der Waals surface area (Å²) in [6.07, 6.45) is 6.38. The standard InChI is InChI=1S/C22H25FN4S/c1-17-8-9-18(2)21(14-17)25-22(28)27(12-5-11-26-13-10-24-16-26)15-19-6-3-4-7-20(19)23/h3-4,6-10,13-14,16H,5,11-12,15H2,1-2H3,(H,25,28). The molecule has 0 spiro atoms. The van der Waals surface area contributed by atoms with Crippen molar-refractivity contribution in [1.29, 1.82) is 0 Å². The third-order valence-corrected chi connectivity index (χ3v) is 5.00. The van der Waals surface area contributed by atoms with Gasteiger partial charge < -0.3 is 14.8 Å². The predicted octanol–water partition coefficient (Wildman–Crippen LogP) is 4.93. The van der Waals surface area contributed by atoms with Crippen LogP contribution in [0.2, 0.25) is 0 Å². The first-order valence-electron chi connectivity index (χ1n) is 9.35. The summed E-state index contributed by atoms with van der Waals surface area (Å²) in [6.45, 7) is 6.07. The Morgan fingerprint density at radius 3 is 2.79 bits per heavy atom. The first-order chi connectivity index (χ1) is 13.5. The van der Waals surface area contributed by atoms with Crippen molar-refractivity contribution in [3.8, 4) is 0 Å². The molecular weight excluding hydrogens is 371 g/mol. The van der Waals surface area contributed by atoms with Crippen molar-refractivity contribution >= 4 is 23.0 Å². The van der Waals surface area contributed by atoms with Gasteiger partial charge >= 0.3 is 0 Å².